The Hall–Kier alpha value is -4.34. The van der Waals surface area contributed by atoms with Gasteiger partial charge in [0.05, 0.1) is 5.52 Å². The molecule has 1 saturated heterocycles. The van der Waals surface area contributed by atoms with Crippen LogP contribution in [-0.2, 0) is 0 Å². The fourth-order valence-corrected chi connectivity index (χ4v) is 6.25. The zero-order valence-corrected chi connectivity index (χ0v) is 22.4. The molecule has 10 heteroatoms. The maximum atomic E-state index is 13.1. The molecule has 0 radical (unpaired) electrons. The van der Waals surface area contributed by atoms with Gasteiger partial charge in [0, 0.05) is 59.7 Å². The van der Waals surface area contributed by atoms with E-state index < -0.39 is 12.6 Å². The highest BCUT2D eigenvalue weighted by Crippen LogP contribution is 2.56. The number of carbonyl (C=O) groups is 1. The van der Waals surface area contributed by atoms with Gasteiger partial charge in [-0.05, 0) is 79.8 Å². The van der Waals surface area contributed by atoms with Crippen molar-refractivity contribution >= 4 is 28.1 Å². The first-order chi connectivity index (χ1) is 19.8. The number of aromatic carboxylic acids is 1. The Morgan fingerprint density at radius 3 is 2.66 bits per heavy atom. The van der Waals surface area contributed by atoms with Crippen molar-refractivity contribution in [1.29, 1.82) is 0 Å². The highest BCUT2D eigenvalue weighted by Gasteiger charge is 2.44. The lowest BCUT2D eigenvalue weighted by Gasteiger charge is -2.47. The van der Waals surface area contributed by atoms with Gasteiger partial charge >= 0.3 is 12.6 Å². The predicted octanol–water partition coefficient (Wildman–Crippen LogP) is 6.84. The van der Waals surface area contributed by atoms with Crippen LogP contribution in [0.2, 0.25) is 0 Å². The molecule has 2 aliphatic carbocycles. The standard InChI is InChI=1S/C31H28F2N4O4/c1-17-16-34-9-6-21(17)27-26(28(41-36-27)18-2-3-18)19-14-31(15-19)7-10-37(11-8-31)20-4-5-23-22(12-20)25(40-30(32)33)13-24(35-23)29(38)39/h4-6,9,12-14,16,18,30H,2-3,7-8,10-11,15H2,1H3,(H,38,39). The van der Waals surface area contributed by atoms with Crippen LogP contribution in [0, 0.1) is 12.3 Å². The molecule has 41 heavy (non-hydrogen) atoms. The van der Waals surface area contributed by atoms with Gasteiger partial charge in [0.15, 0.2) is 5.69 Å². The topological polar surface area (TPSA) is 102 Å². The molecular formula is C31H28F2N4O4. The molecule has 4 heterocycles. The third-order valence-corrected chi connectivity index (χ3v) is 8.60. The van der Waals surface area contributed by atoms with E-state index in [0.717, 1.165) is 85.1 Å². The summed E-state index contributed by atoms with van der Waals surface area (Å²) < 4.78 is 36.8. The second kappa shape index (κ2) is 9.64. The van der Waals surface area contributed by atoms with Gasteiger partial charge in [-0.1, -0.05) is 11.2 Å². The number of fused-ring (bicyclic) bond motifs is 1. The van der Waals surface area contributed by atoms with Crippen LogP contribution in [0.1, 0.15) is 65.4 Å². The van der Waals surface area contributed by atoms with Gasteiger partial charge in [-0.15, -0.1) is 0 Å². The van der Waals surface area contributed by atoms with Crippen LogP contribution in [-0.4, -0.2) is 45.9 Å². The Balaban J connectivity index is 1.13. The van der Waals surface area contributed by atoms with Gasteiger partial charge < -0.3 is 19.3 Å². The molecule has 3 aromatic heterocycles. The number of ether oxygens (including phenoxy) is 1. The maximum Gasteiger partial charge on any atom is 0.387 e. The largest absolute Gasteiger partial charge is 0.477 e. The SMILES string of the molecule is Cc1cnccc1-c1noc(C2CC2)c1C1=CC2(CCN(c3ccc4nc(C(=O)O)cc(OC(F)F)c4c3)CC2)C1. The predicted molar refractivity (Wildman–Crippen MR) is 148 cm³/mol. The second-order valence-corrected chi connectivity index (χ2v) is 11.3. The van der Waals surface area contributed by atoms with Gasteiger partial charge in [-0.3, -0.25) is 4.98 Å². The molecule has 8 nitrogen and oxygen atoms in total. The number of allylic oxidation sites excluding steroid dienone is 2. The number of nitrogens with zero attached hydrogens (tertiary/aromatic N) is 4. The van der Waals surface area contributed by atoms with Crippen molar-refractivity contribution in [3.05, 3.63) is 71.4 Å². The van der Waals surface area contributed by atoms with E-state index in [0.29, 0.717) is 16.8 Å². The molecule has 1 aliphatic heterocycles. The fraction of sp³-hybridized carbons (Fsp3) is 0.355. The summed E-state index contributed by atoms with van der Waals surface area (Å²) >= 11 is 0. The van der Waals surface area contributed by atoms with Crippen LogP contribution in [0.15, 0.2) is 53.3 Å². The van der Waals surface area contributed by atoms with Gasteiger partial charge in [-0.2, -0.15) is 8.78 Å². The van der Waals surface area contributed by atoms with Crippen LogP contribution >= 0.6 is 0 Å². The molecule has 1 spiro atoms. The van der Waals surface area contributed by atoms with E-state index in [2.05, 4.69) is 30.8 Å². The number of carboxylic acids is 1. The van der Waals surface area contributed by atoms with Crippen molar-refractivity contribution in [3.63, 3.8) is 0 Å². The summed E-state index contributed by atoms with van der Waals surface area (Å²) in [6.45, 7) is 0.571. The van der Waals surface area contributed by atoms with E-state index in [4.69, 9.17) is 4.52 Å². The zero-order chi connectivity index (χ0) is 28.3. The highest BCUT2D eigenvalue weighted by molar-refractivity contribution is 5.94. The van der Waals surface area contributed by atoms with E-state index >= 15 is 0 Å². The molecule has 1 aromatic carbocycles. The van der Waals surface area contributed by atoms with Crippen molar-refractivity contribution < 1.29 is 27.9 Å². The molecule has 2 fully saturated rings. The molecule has 0 amide bonds. The van der Waals surface area contributed by atoms with E-state index in [-0.39, 0.29) is 16.9 Å². The quantitative estimate of drug-likeness (QED) is 0.263. The molecule has 0 bridgehead atoms. The van der Waals surface area contributed by atoms with Crippen LogP contribution in [0.25, 0.3) is 27.7 Å². The first-order valence-electron chi connectivity index (χ1n) is 13.8. The summed E-state index contributed by atoms with van der Waals surface area (Å²) in [4.78, 5) is 22.0. The molecular weight excluding hydrogens is 530 g/mol. The number of aryl methyl sites for hydroxylation is 1. The summed E-state index contributed by atoms with van der Waals surface area (Å²) in [6, 6.07) is 8.33. The second-order valence-electron chi connectivity index (χ2n) is 11.3. The summed E-state index contributed by atoms with van der Waals surface area (Å²) in [7, 11) is 0. The van der Waals surface area contributed by atoms with E-state index in [9.17, 15) is 18.7 Å². The molecule has 210 valence electrons. The fourth-order valence-electron chi connectivity index (χ4n) is 6.25. The molecule has 7 rings (SSSR count). The van der Waals surface area contributed by atoms with Crippen LogP contribution < -0.4 is 9.64 Å². The third-order valence-electron chi connectivity index (χ3n) is 8.60. The molecule has 3 aliphatic rings. The van der Waals surface area contributed by atoms with Crippen molar-refractivity contribution in [2.75, 3.05) is 18.0 Å². The van der Waals surface area contributed by atoms with Gasteiger partial charge in [0.25, 0.3) is 0 Å². The number of carboxylic acid groups (broad SMARTS) is 1. The van der Waals surface area contributed by atoms with E-state index in [1.165, 1.54) is 5.57 Å². The summed E-state index contributed by atoms with van der Waals surface area (Å²) in [5.74, 6) is -0.0412. The van der Waals surface area contributed by atoms with E-state index in [1.807, 2.05) is 25.3 Å². The van der Waals surface area contributed by atoms with Crippen molar-refractivity contribution in [3.8, 4) is 17.0 Å². The van der Waals surface area contributed by atoms with Crippen molar-refractivity contribution in [1.82, 2.24) is 15.1 Å². The summed E-state index contributed by atoms with van der Waals surface area (Å²) in [6.07, 6.45) is 11.2. The Morgan fingerprint density at radius 1 is 1.20 bits per heavy atom. The maximum absolute atomic E-state index is 13.1. The normalized spacial score (nSPS) is 18.0. The number of piperidine rings is 1. The molecule has 0 unspecified atom stereocenters. The Labute approximate surface area is 234 Å². The van der Waals surface area contributed by atoms with Gasteiger partial charge in [0.2, 0.25) is 0 Å². The lowest BCUT2D eigenvalue weighted by molar-refractivity contribution is -0.0489. The first kappa shape index (κ1) is 25.6. The summed E-state index contributed by atoms with van der Waals surface area (Å²) in [5.41, 5.74) is 6.41. The van der Waals surface area contributed by atoms with Crippen LogP contribution in [0.5, 0.6) is 5.75 Å². The lowest BCUT2D eigenvalue weighted by Crippen LogP contribution is -2.42. The monoisotopic (exact) mass is 558 g/mol. The minimum Gasteiger partial charge on any atom is -0.477 e. The molecule has 1 N–H and O–H groups in total. The average Bonchev–Trinajstić information content (AvgIpc) is 3.70. The number of halogens is 2. The molecule has 4 aromatic rings. The number of alkyl halides is 2. The van der Waals surface area contributed by atoms with Crippen LogP contribution in [0.3, 0.4) is 0 Å². The van der Waals surface area contributed by atoms with Crippen molar-refractivity contribution in [2.45, 2.75) is 51.6 Å². The number of aromatic nitrogens is 3. The Kier molecular flexibility index (Phi) is 6.02. The zero-order valence-electron chi connectivity index (χ0n) is 22.4. The number of pyridine rings is 2. The summed E-state index contributed by atoms with van der Waals surface area (Å²) in [5, 5.41) is 14.2. The Morgan fingerprint density at radius 2 is 1.98 bits per heavy atom. The minimum atomic E-state index is -3.07. The number of hydrogen-bond donors (Lipinski definition) is 1. The lowest BCUT2D eigenvalue weighted by atomic mass is 9.63. The molecule has 0 atom stereocenters. The van der Waals surface area contributed by atoms with Gasteiger partial charge in [-0.25, -0.2) is 9.78 Å². The number of anilines is 1. The minimum absolute atomic E-state index is 0.104. The first-order valence-corrected chi connectivity index (χ1v) is 13.8. The number of hydrogen-bond acceptors (Lipinski definition) is 7. The number of benzene rings is 1. The van der Waals surface area contributed by atoms with Gasteiger partial charge in [0.1, 0.15) is 17.2 Å². The Bertz CT molecular complexity index is 1700. The highest BCUT2D eigenvalue weighted by atomic mass is 19.3. The van der Waals surface area contributed by atoms with E-state index in [1.54, 1.807) is 18.3 Å². The average molecular weight is 559 g/mol. The smallest absolute Gasteiger partial charge is 0.387 e. The van der Waals surface area contributed by atoms with Crippen molar-refractivity contribution in [2.24, 2.45) is 5.41 Å². The third kappa shape index (κ3) is 4.61. The number of rotatable bonds is 7. The van der Waals surface area contributed by atoms with Crippen LogP contribution in [0.4, 0.5) is 14.5 Å². The molecule has 1 saturated carbocycles.